The molecule has 0 spiro atoms. The van der Waals surface area contributed by atoms with Gasteiger partial charge in [0.05, 0.1) is 17.4 Å². The molecule has 0 aliphatic carbocycles. The van der Waals surface area contributed by atoms with Crippen molar-refractivity contribution in [2.24, 2.45) is 0 Å². The van der Waals surface area contributed by atoms with E-state index >= 15 is 0 Å². The van der Waals surface area contributed by atoms with Crippen LogP contribution in [-0.2, 0) is 4.74 Å². The number of methoxy groups -OCH3 is 1. The van der Waals surface area contributed by atoms with Gasteiger partial charge in [-0.2, -0.15) is 0 Å². The number of rotatable bonds is 1. The Labute approximate surface area is 101 Å². The fourth-order valence-corrected chi connectivity index (χ4v) is 2.66. The fraction of sp³-hybridized carbons (Fsp3) is 0.111. The molecule has 3 nitrogen and oxygen atoms in total. The zero-order chi connectivity index (χ0) is 11.9. The molecule has 0 fully saturated rings. The Hall–Kier alpha value is -1.08. The summed E-state index contributed by atoms with van der Waals surface area (Å²) in [6, 6.07) is 1.22. The van der Waals surface area contributed by atoms with Crippen LogP contribution in [0.3, 0.4) is 0 Å². The van der Waals surface area contributed by atoms with E-state index in [1.54, 1.807) is 0 Å². The number of hydrogen-bond acceptors (Lipinski definition) is 4. The van der Waals surface area contributed by atoms with Gasteiger partial charge in [-0.15, -0.1) is 11.3 Å². The van der Waals surface area contributed by atoms with Gasteiger partial charge in [-0.1, -0.05) is 0 Å². The maximum Gasteiger partial charge on any atom is 0.341 e. The van der Waals surface area contributed by atoms with E-state index in [2.05, 4.69) is 25.7 Å². The van der Waals surface area contributed by atoms with Crippen molar-refractivity contribution in [2.45, 2.75) is 0 Å². The predicted octanol–water partition coefficient (Wildman–Crippen LogP) is 3.12. The van der Waals surface area contributed by atoms with Crippen molar-refractivity contribution in [2.75, 3.05) is 7.11 Å². The molecule has 0 radical (unpaired) electrons. The number of hydrogen-bond donors (Lipinski definition) is 0. The molecule has 0 saturated heterocycles. The third-order valence-corrected chi connectivity index (χ3v) is 3.40. The summed E-state index contributed by atoms with van der Waals surface area (Å²) in [6.07, 6.45) is 0. The first-order valence-electron chi connectivity index (χ1n) is 4.07. The molecular weight excluding hydrogens is 304 g/mol. The van der Waals surface area contributed by atoms with Crippen LogP contribution in [0.5, 0.6) is 0 Å². The molecule has 0 saturated carbocycles. The van der Waals surface area contributed by atoms with Crippen molar-refractivity contribution in [3.63, 3.8) is 0 Å². The molecule has 0 bridgehead atoms. The number of fused-ring (bicyclic) bond motifs is 1. The third-order valence-electron chi connectivity index (χ3n) is 1.95. The van der Waals surface area contributed by atoms with E-state index < -0.39 is 23.2 Å². The van der Waals surface area contributed by atoms with E-state index in [0.717, 1.165) is 18.4 Å². The van der Waals surface area contributed by atoms with Crippen molar-refractivity contribution in [3.05, 3.63) is 27.2 Å². The highest BCUT2D eigenvalue weighted by Gasteiger charge is 2.21. The lowest BCUT2D eigenvalue weighted by molar-refractivity contribution is 0.0594. The second kappa shape index (κ2) is 4.06. The monoisotopic (exact) mass is 307 g/mol. The molecule has 1 aromatic heterocycles. The number of aromatic nitrogens is 1. The summed E-state index contributed by atoms with van der Waals surface area (Å²) in [5.41, 5.74) is -0.523. The maximum absolute atomic E-state index is 13.5. The van der Waals surface area contributed by atoms with Gasteiger partial charge in [0.2, 0.25) is 0 Å². The second-order valence-electron chi connectivity index (χ2n) is 2.86. The number of benzene rings is 1. The predicted molar refractivity (Wildman–Crippen MR) is 58.6 cm³/mol. The lowest BCUT2D eigenvalue weighted by Gasteiger charge is -2.01. The number of carbonyl (C=O) groups is 1. The largest absolute Gasteiger partial charge is 0.465 e. The Morgan fingerprint density at radius 2 is 2.19 bits per heavy atom. The molecule has 1 aromatic carbocycles. The van der Waals surface area contributed by atoms with Crippen LogP contribution < -0.4 is 0 Å². The van der Waals surface area contributed by atoms with Crippen molar-refractivity contribution >= 4 is 43.5 Å². The lowest BCUT2D eigenvalue weighted by Crippen LogP contribution is -2.06. The minimum absolute atomic E-state index is 0.0953. The summed E-state index contributed by atoms with van der Waals surface area (Å²) in [4.78, 5) is 14.9. The van der Waals surface area contributed by atoms with Gasteiger partial charge in [0, 0.05) is 0 Å². The van der Waals surface area contributed by atoms with Gasteiger partial charge in [-0.05, 0) is 22.0 Å². The summed E-state index contributed by atoms with van der Waals surface area (Å²) in [6.45, 7) is 0. The zero-order valence-electron chi connectivity index (χ0n) is 7.88. The second-order valence-corrected chi connectivity index (χ2v) is 5.16. The molecule has 0 atom stereocenters. The van der Waals surface area contributed by atoms with Gasteiger partial charge in [0.25, 0.3) is 0 Å². The van der Waals surface area contributed by atoms with E-state index in [1.165, 1.54) is 6.07 Å². The number of thiazole rings is 1. The van der Waals surface area contributed by atoms with Crippen LogP contribution >= 0.6 is 27.3 Å². The molecule has 0 aliphatic rings. The number of halogens is 3. The summed E-state index contributed by atoms with van der Waals surface area (Å²) in [7, 11) is 1.10. The summed E-state index contributed by atoms with van der Waals surface area (Å²) < 4.78 is 32.1. The first-order valence-corrected chi connectivity index (χ1v) is 5.68. The molecule has 2 rings (SSSR count). The molecule has 0 amide bonds. The Bertz CT molecular complexity index is 584. The lowest BCUT2D eigenvalue weighted by atomic mass is 10.2. The average Bonchev–Trinajstić information content (AvgIpc) is 2.63. The smallest absolute Gasteiger partial charge is 0.341 e. The van der Waals surface area contributed by atoms with Gasteiger partial charge in [0.1, 0.15) is 5.52 Å². The molecule has 1 heterocycles. The standard InChI is InChI=1S/C9H4BrF2NO2S/c1-15-8(14)3-2-4-7(6(12)5(3)11)13-9(10)16-4/h2H,1H3. The van der Waals surface area contributed by atoms with Crippen LogP contribution in [0, 0.1) is 11.6 Å². The van der Waals surface area contributed by atoms with Crippen molar-refractivity contribution in [1.82, 2.24) is 4.98 Å². The molecule has 0 N–H and O–H groups in total. The first kappa shape index (κ1) is 11.4. The number of carbonyl (C=O) groups excluding carboxylic acids is 1. The fourth-order valence-electron chi connectivity index (χ4n) is 1.24. The maximum atomic E-state index is 13.5. The van der Waals surface area contributed by atoms with Gasteiger partial charge < -0.3 is 4.74 Å². The Kier molecular flexibility index (Phi) is 2.90. The molecule has 16 heavy (non-hydrogen) atoms. The number of esters is 1. The van der Waals surface area contributed by atoms with Crippen LogP contribution in [-0.4, -0.2) is 18.1 Å². The van der Waals surface area contributed by atoms with Gasteiger partial charge in [0.15, 0.2) is 15.6 Å². The SMILES string of the molecule is COC(=O)c1cc2sc(Br)nc2c(F)c1F. The minimum Gasteiger partial charge on any atom is -0.465 e. The Balaban J connectivity index is 2.77. The summed E-state index contributed by atoms with van der Waals surface area (Å²) in [5.74, 6) is -3.29. The van der Waals surface area contributed by atoms with Crippen LogP contribution in [0.4, 0.5) is 8.78 Å². The quantitative estimate of drug-likeness (QED) is 0.760. The van der Waals surface area contributed by atoms with E-state index in [1.807, 2.05) is 0 Å². The molecule has 84 valence electrons. The minimum atomic E-state index is -1.24. The highest BCUT2D eigenvalue weighted by atomic mass is 79.9. The molecule has 2 aromatic rings. The third kappa shape index (κ3) is 1.69. The van der Waals surface area contributed by atoms with Crippen LogP contribution in [0.2, 0.25) is 0 Å². The van der Waals surface area contributed by atoms with Crippen molar-refractivity contribution < 1.29 is 18.3 Å². The van der Waals surface area contributed by atoms with E-state index in [0.29, 0.717) is 8.62 Å². The first-order chi connectivity index (χ1) is 7.54. The average molecular weight is 308 g/mol. The summed E-state index contributed by atoms with van der Waals surface area (Å²) in [5, 5.41) is 0. The van der Waals surface area contributed by atoms with Crippen molar-refractivity contribution in [3.8, 4) is 0 Å². The topological polar surface area (TPSA) is 39.2 Å². The van der Waals surface area contributed by atoms with Crippen LogP contribution in [0.15, 0.2) is 9.98 Å². The molecule has 0 unspecified atom stereocenters. The van der Waals surface area contributed by atoms with Crippen molar-refractivity contribution in [1.29, 1.82) is 0 Å². The number of ether oxygens (including phenoxy) is 1. The van der Waals surface area contributed by atoms with Crippen LogP contribution in [0.25, 0.3) is 10.2 Å². The highest BCUT2D eigenvalue weighted by molar-refractivity contribution is 9.11. The zero-order valence-corrected chi connectivity index (χ0v) is 10.3. The van der Waals surface area contributed by atoms with E-state index in [9.17, 15) is 13.6 Å². The van der Waals surface area contributed by atoms with Gasteiger partial charge >= 0.3 is 5.97 Å². The molecular formula is C9H4BrF2NO2S. The van der Waals surface area contributed by atoms with Crippen LogP contribution in [0.1, 0.15) is 10.4 Å². The summed E-state index contributed by atoms with van der Waals surface area (Å²) >= 11 is 4.17. The normalized spacial score (nSPS) is 10.8. The molecule has 0 aliphatic heterocycles. The Morgan fingerprint density at radius 1 is 1.50 bits per heavy atom. The Morgan fingerprint density at radius 3 is 2.81 bits per heavy atom. The molecule has 7 heteroatoms. The highest BCUT2D eigenvalue weighted by Crippen LogP contribution is 2.30. The van der Waals surface area contributed by atoms with Gasteiger partial charge in [-0.3, -0.25) is 0 Å². The van der Waals surface area contributed by atoms with E-state index in [-0.39, 0.29) is 5.52 Å². The van der Waals surface area contributed by atoms with Gasteiger partial charge in [-0.25, -0.2) is 18.6 Å². The number of nitrogens with zero attached hydrogens (tertiary/aromatic N) is 1. The van der Waals surface area contributed by atoms with E-state index in [4.69, 9.17) is 0 Å².